The number of aromatic nitrogens is 1. The molecule has 0 aliphatic rings. The number of hydrogen-bond donors (Lipinski definition) is 5. The summed E-state index contributed by atoms with van der Waals surface area (Å²) in [5.41, 5.74) is 4.15. The number of carbonyl (C=O) groups excluding carboxylic acids is 1. The van der Waals surface area contributed by atoms with Crippen LogP contribution in [0.25, 0.3) is 11.1 Å². The Morgan fingerprint density at radius 1 is 1.15 bits per heavy atom. The summed E-state index contributed by atoms with van der Waals surface area (Å²) in [6.07, 6.45) is 0.633. The molecule has 1 heterocycles. The largest absolute Gasteiger partial charge is 0.461 e. The van der Waals surface area contributed by atoms with Crippen LogP contribution in [0.5, 0.6) is 0 Å². The summed E-state index contributed by atoms with van der Waals surface area (Å²) in [5, 5.41) is 34.5. The lowest BCUT2D eigenvalue weighted by molar-refractivity contribution is 0.0519. The van der Waals surface area contributed by atoms with Crippen LogP contribution >= 0.6 is 15.9 Å². The molecular formula is C19H25BrN2O5. The van der Waals surface area contributed by atoms with E-state index in [4.69, 9.17) is 10.1 Å². The molecule has 8 heteroatoms. The highest BCUT2D eigenvalue weighted by molar-refractivity contribution is 9.10. The van der Waals surface area contributed by atoms with Crippen molar-refractivity contribution in [3.63, 3.8) is 0 Å². The lowest BCUT2D eigenvalue weighted by atomic mass is 9.92. The molecule has 7 nitrogen and oxygen atoms in total. The molecule has 0 spiro atoms. The van der Waals surface area contributed by atoms with Gasteiger partial charge in [0.25, 0.3) is 0 Å². The normalized spacial score (nSPS) is 10.3. The minimum absolute atomic E-state index is 0.230. The number of aliphatic hydroxyl groups excluding tert-OH is 3. The number of nitrogens with one attached hydrogen (secondary N) is 2. The molecule has 0 unspecified atom stereocenters. The van der Waals surface area contributed by atoms with E-state index in [0.29, 0.717) is 38.8 Å². The average molecular weight is 441 g/mol. The van der Waals surface area contributed by atoms with Gasteiger partial charge in [-0.2, -0.15) is 0 Å². The first-order valence-electron chi connectivity index (χ1n) is 8.43. The van der Waals surface area contributed by atoms with Crippen molar-refractivity contribution in [2.75, 3.05) is 6.61 Å². The minimum Gasteiger partial charge on any atom is -0.461 e. The van der Waals surface area contributed by atoms with E-state index in [9.17, 15) is 20.1 Å². The van der Waals surface area contributed by atoms with Gasteiger partial charge in [0.1, 0.15) is 5.69 Å². The fourth-order valence-electron chi connectivity index (χ4n) is 2.92. The van der Waals surface area contributed by atoms with Crippen LogP contribution in [0.1, 0.15) is 46.7 Å². The zero-order chi connectivity index (χ0) is 20.6. The molecule has 27 heavy (non-hydrogen) atoms. The Labute approximate surface area is 166 Å². The molecule has 2 aromatic rings. The van der Waals surface area contributed by atoms with Crippen molar-refractivity contribution in [1.82, 2.24) is 4.98 Å². The number of aromatic amines is 1. The molecule has 0 fully saturated rings. The van der Waals surface area contributed by atoms with Crippen LogP contribution < -0.4 is 0 Å². The van der Waals surface area contributed by atoms with Crippen LogP contribution in [0, 0.1) is 5.41 Å². The number of halogens is 1. The molecule has 148 valence electrons. The van der Waals surface area contributed by atoms with Crippen LogP contribution in [0.2, 0.25) is 0 Å². The summed E-state index contributed by atoms with van der Waals surface area (Å²) >= 11 is 3.47. The predicted molar refractivity (Wildman–Crippen MR) is 107 cm³/mol. The molecule has 0 saturated heterocycles. The van der Waals surface area contributed by atoms with Gasteiger partial charge >= 0.3 is 5.97 Å². The van der Waals surface area contributed by atoms with Crippen molar-refractivity contribution < 1.29 is 24.9 Å². The Hall–Kier alpha value is -2.00. The fraction of sp³-hybridized carbons (Fsp3) is 0.368. The third kappa shape index (κ3) is 4.65. The van der Waals surface area contributed by atoms with E-state index in [0.717, 1.165) is 11.3 Å². The number of H-pyrrole nitrogens is 1. The summed E-state index contributed by atoms with van der Waals surface area (Å²) < 4.78 is 5.63. The third-order valence-corrected chi connectivity index (χ3v) is 4.93. The van der Waals surface area contributed by atoms with Crippen molar-refractivity contribution in [1.29, 1.82) is 5.41 Å². The highest BCUT2D eigenvalue weighted by Crippen LogP contribution is 2.39. The van der Waals surface area contributed by atoms with Crippen molar-refractivity contribution in [2.24, 2.45) is 0 Å². The zero-order valence-corrected chi connectivity index (χ0v) is 17.0. The Kier molecular flexibility index (Phi) is 9.37. The lowest BCUT2D eigenvalue weighted by Crippen LogP contribution is -2.06. The molecular weight excluding hydrogens is 416 g/mol. The van der Waals surface area contributed by atoms with E-state index in [1.807, 2.05) is 6.92 Å². The summed E-state index contributed by atoms with van der Waals surface area (Å²) in [4.78, 5) is 15.2. The van der Waals surface area contributed by atoms with Crippen molar-refractivity contribution >= 4 is 28.6 Å². The molecule has 1 aromatic heterocycles. The van der Waals surface area contributed by atoms with Crippen LogP contribution in [0.3, 0.4) is 0 Å². The summed E-state index contributed by atoms with van der Waals surface area (Å²) in [6.45, 7) is 5.63. The topological polar surface area (TPSA) is 127 Å². The standard InChI is InChI=1S/C18H22BrNO5.CH3N/c1-3-14-15(16(19)17(20-14)18(24)25-4-2)11-6-5-10(7-21)12(8-22)13(11)9-23;1-2/h5-6,20-23H,3-4,7-9H2,1-2H3;2H,1H2. The third-order valence-electron chi connectivity index (χ3n) is 4.13. The van der Waals surface area contributed by atoms with Gasteiger partial charge in [-0.3, -0.25) is 0 Å². The minimum atomic E-state index is -0.463. The van der Waals surface area contributed by atoms with Crippen molar-refractivity contribution in [3.8, 4) is 11.1 Å². The van der Waals surface area contributed by atoms with Gasteiger partial charge in [0.15, 0.2) is 0 Å². The van der Waals surface area contributed by atoms with E-state index >= 15 is 0 Å². The summed E-state index contributed by atoms with van der Waals surface area (Å²) in [7, 11) is 0. The molecule has 0 atom stereocenters. The van der Waals surface area contributed by atoms with E-state index in [1.54, 1.807) is 19.1 Å². The molecule has 1 aromatic carbocycles. The first-order valence-corrected chi connectivity index (χ1v) is 9.22. The maximum absolute atomic E-state index is 12.2. The van der Waals surface area contributed by atoms with Crippen LogP contribution in [0.15, 0.2) is 16.6 Å². The number of rotatable bonds is 7. The number of carbonyl (C=O) groups is 1. The van der Waals surface area contributed by atoms with E-state index in [-0.39, 0.29) is 26.4 Å². The number of aryl methyl sites for hydroxylation is 1. The number of aliphatic hydroxyl groups is 3. The fourth-order valence-corrected chi connectivity index (χ4v) is 3.63. The SMILES string of the molecule is C=N.CCOC(=O)c1[nH]c(CC)c(-c2ccc(CO)c(CO)c2CO)c1Br. The van der Waals surface area contributed by atoms with E-state index < -0.39 is 5.97 Å². The number of benzene rings is 1. The van der Waals surface area contributed by atoms with Crippen molar-refractivity contribution in [3.05, 3.63) is 44.7 Å². The van der Waals surface area contributed by atoms with Gasteiger partial charge in [-0.05, 0) is 58.2 Å². The van der Waals surface area contributed by atoms with E-state index in [1.165, 1.54) is 0 Å². The molecule has 0 aliphatic heterocycles. The lowest BCUT2D eigenvalue weighted by Gasteiger charge is -2.16. The summed E-state index contributed by atoms with van der Waals surface area (Å²) in [6, 6.07) is 3.49. The second-order valence-electron chi connectivity index (χ2n) is 5.45. The number of hydrogen-bond acceptors (Lipinski definition) is 6. The molecule has 5 N–H and O–H groups in total. The van der Waals surface area contributed by atoms with Gasteiger partial charge < -0.3 is 30.4 Å². The number of ether oxygens (including phenoxy) is 1. The smallest absolute Gasteiger partial charge is 0.355 e. The molecule has 0 saturated carbocycles. The second-order valence-corrected chi connectivity index (χ2v) is 6.24. The quantitative estimate of drug-likeness (QED) is 0.334. The maximum atomic E-state index is 12.2. The van der Waals surface area contributed by atoms with Gasteiger partial charge in [0, 0.05) is 11.3 Å². The van der Waals surface area contributed by atoms with E-state index in [2.05, 4.69) is 27.6 Å². The van der Waals surface area contributed by atoms with Gasteiger partial charge in [0.2, 0.25) is 0 Å². The van der Waals surface area contributed by atoms with Crippen LogP contribution in [0.4, 0.5) is 0 Å². The zero-order valence-electron chi connectivity index (χ0n) is 15.4. The second kappa shape index (κ2) is 11.0. The average Bonchev–Trinajstić information content (AvgIpc) is 3.04. The highest BCUT2D eigenvalue weighted by Gasteiger charge is 2.24. The predicted octanol–water partition coefficient (Wildman–Crippen LogP) is 2.93. The molecule has 0 bridgehead atoms. The first kappa shape index (κ1) is 23.0. The van der Waals surface area contributed by atoms with Gasteiger partial charge in [-0.15, -0.1) is 0 Å². The Balaban J connectivity index is 0.00000176. The first-order chi connectivity index (χ1) is 13.0. The Morgan fingerprint density at radius 3 is 2.26 bits per heavy atom. The van der Waals surface area contributed by atoms with Crippen LogP contribution in [-0.2, 0) is 31.0 Å². The molecule has 0 radical (unpaired) electrons. The van der Waals surface area contributed by atoms with Gasteiger partial charge in [-0.25, -0.2) is 4.79 Å². The summed E-state index contributed by atoms with van der Waals surface area (Å²) in [5.74, 6) is -0.463. The highest BCUT2D eigenvalue weighted by atomic mass is 79.9. The molecule has 0 aliphatic carbocycles. The molecule has 2 rings (SSSR count). The Bertz CT molecular complexity index is 789. The van der Waals surface area contributed by atoms with Crippen LogP contribution in [-0.4, -0.2) is 39.6 Å². The van der Waals surface area contributed by atoms with Crippen molar-refractivity contribution in [2.45, 2.75) is 40.1 Å². The van der Waals surface area contributed by atoms with Gasteiger partial charge in [0.05, 0.1) is 30.9 Å². The maximum Gasteiger partial charge on any atom is 0.355 e. The molecule has 0 amide bonds. The Morgan fingerprint density at radius 2 is 1.78 bits per heavy atom. The van der Waals surface area contributed by atoms with Gasteiger partial charge in [-0.1, -0.05) is 19.1 Å². The number of esters is 1. The monoisotopic (exact) mass is 440 g/mol.